The first-order valence-corrected chi connectivity index (χ1v) is 10.8. The van der Waals surface area contributed by atoms with Gasteiger partial charge in [-0.2, -0.15) is 0 Å². The highest BCUT2D eigenvalue weighted by Gasteiger charge is 2.54. The van der Waals surface area contributed by atoms with Gasteiger partial charge in [-0.1, -0.05) is 24.3 Å². The molecule has 0 aliphatic heterocycles. The van der Waals surface area contributed by atoms with Crippen molar-refractivity contribution in [2.45, 2.75) is 38.5 Å². The van der Waals surface area contributed by atoms with E-state index in [0.29, 0.717) is 5.56 Å². The van der Waals surface area contributed by atoms with Gasteiger partial charge in [-0.05, 0) is 86.6 Å². The molecule has 0 atom stereocenters. The summed E-state index contributed by atoms with van der Waals surface area (Å²) in [5, 5.41) is 3.16. The Morgan fingerprint density at radius 3 is 2.14 bits per heavy atom. The number of benzene rings is 2. The van der Waals surface area contributed by atoms with Crippen molar-refractivity contribution in [2.24, 2.45) is 23.2 Å². The van der Waals surface area contributed by atoms with Crippen LogP contribution >= 0.6 is 0 Å². The fourth-order valence-corrected chi connectivity index (χ4v) is 6.34. The van der Waals surface area contributed by atoms with Crippen molar-refractivity contribution in [3.63, 3.8) is 0 Å². The normalized spacial score (nSPS) is 29.5. The average molecular weight is 389 g/mol. The molecule has 0 unspecified atom stereocenters. The van der Waals surface area contributed by atoms with Crippen molar-refractivity contribution in [3.05, 3.63) is 60.2 Å². The summed E-state index contributed by atoms with van der Waals surface area (Å²) >= 11 is 0. The van der Waals surface area contributed by atoms with Crippen LogP contribution in [0, 0.1) is 23.2 Å². The second-order valence-corrected chi connectivity index (χ2v) is 9.43. The molecule has 0 spiro atoms. The minimum atomic E-state index is -0.185. The van der Waals surface area contributed by atoms with Crippen LogP contribution in [-0.2, 0) is 4.79 Å². The Morgan fingerprint density at radius 1 is 0.897 bits per heavy atom. The van der Waals surface area contributed by atoms with Gasteiger partial charge in [-0.15, -0.1) is 0 Å². The van der Waals surface area contributed by atoms with Gasteiger partial charge in [0.1, 0.15) is 0 Å². The molecule has 6 rings (SSSR count). The molecule has 4 nitrogen and oxygen atoms in total. The number of amides is 2. The lowest BCUT2D eigenvalue weighted by Crippen LogP contribution is -2.51. The third-order valence-corrected chi connectivity index (χ3v) is 7.34. The van der Waals surface area contributed by atoms with Crippen molar-refractivity contribution in [2.75, 3.05) is 17.3 Å². The van der Waals surface area contributed by atoms with Gasteiger partial charge in [0.25, 0.3) is 5.91 Å². The largest absolute Gasteiger partial charge is 0.326 e. The van der Waals surface area contributed by atoms with Gasteiger partial charge in [0.2, 0.25) is 5.91 Å². The predicted molar refractivity (Wildman–Crippen MR) is 115 cm³/mol. The first kappa shape index (κ1) is 18.4. The van der Waals surface area contributed by atoms with Crippen LogP contribution in [0.3, 0.4) is 0 Å². The standard InChI is InChI=1S/C25H28N2O2/c1-27(22-8-3-2-4-9-22)23(28)20-6-5-7-21(13-20)26-24(29)25-14-17-10-18(15-25)12-19(11-17)16-25/h2-9,13,17-19H,10-12,14-16H2,1H3,(H,26,29). The van der Waals surface area contributed by atoms with E-state index in [1.165, 1.54) is 19.3 Å². The second kappa shape index (κ2) is 7.01. The van der Waals surface area contributed by atoms with Crippen molar-refractivity contribution in [1.82, 2.24) is 0 Å². The van der Waals surface area contributed by atoms with Gasteiger partial charge >= 0.3 is 0 Å². The number of nitrogens with one attached hydrogen (secondary N) is 1. The first-order chi connectivity index (χ1) is 14.0. The molecule has 0 radical (unpaired) electrons. The van der Waals surface area contributed by atoms with Crippen molar-refractivity contribution >= 4 is 23.2 Å². The predicted octanol–water partition coefficient (Wildman–Crippen LogP) is 5.12. The number of rotatable bonds is 4. The van der Waals surface area contributed by atoms with Gasteiger partial charge in [-0.3, -0.25) is 9.59 Å². The molecule has 2 aromatic carbocycles. The van der Waals surface area contributed by atoms with Crippen LogP contribution in [0.15, 0.2) is 54.6 Å². The number of anilines is 2. The molecule has 4 bridgehead atoms. The minimum absolute atomic E-state index is 0.0814. The number of nitrogens with zero attached hydrogens (tertiary/aromatic N) is 1. The minimum Gasteiger partial charge on any atom is -0.326 e. The quantitative estimate of drug-likeness (QED) is 0.790. The summed E-state index contributed by atoms with van der Waals surface area (Å²) < 4.78 is 0. The van der Waals surface area contributed by atoms with Gasteiger partial charge in [0.05, 0.1) is 5.41 Å². The Kier molecular flexibility index (Phi) is 4.45. The SMILES string of the molecule is CN(C(=O)c1cccc(NC(=O)C23CC4CC(CC(C4)C2)C3)c1)c1ccccc1. The third-order valence-electron chi connectivity index (χ3n) is 7.34. The van der Waals surface area contributed by atoms with E-state index in [1.807, 2.05) is 48.5 Å². The Hall–Kier alpha value is -2.62. The molecular formula is C25H28N2O2. The monoisotopic (exact) mass is 388 g/mol. The van der Waals surface area contributed by atoms with E-state index in [2.05, 4.69) is 5.32 Å². The highest BCUT2D eigenvalue weighted by Crippen LogP contribution is 2.60. The van der Waals surface area contributed by atoms with Crippen LogP contribution in [-0.4, -0.2) is 18.9 Å². The highest BCUT2D eigenvalue weighted by atomic mass is 16.2. The molecule has 4 aliphatic carbocycles. The van der Waals surface area contributed by atoms with E-state index in [0.717, 1.165) is 48.4 Å². The number of carbonyl (C=O) groups excluding carboxylic acids is 2. The topological polar surface area (TPSA) is 49.4 Å². The summed E-state index contributed by atoms with van der Waals surface area (Å²) in [6.07, 6.45) is 7.09. The van der Waals surface area contributed by atoms with E-state index in [-0.39, 0.29) is 17.2 Å². The molecule has 1 N–H and O–H groups in total. The summed E-state index contributed by atoms with van der Waals surface area (Å²) in [6, 6.07) is 16.9. The molecule has 4 fully saturated rings. The maximum absolute atomic E-state index is 13.3. The first-order valence-electron chi connectivity index (χ1n) is 10.8. The van der Waals surface area contributed by atoms with Crippen LogP contribution in [0.25, 0.3) is 0 Å². The van der Waals surface area contributed by atoms with Gasteiger partial charge in [-0.25, -0.2) is 0 Å². The summed E-state index contributed by atoms with van der Waals surface area (Å²) in [5.41, 5.74) is 1.97. The number of carbonyl (C=O) groups is 2. The molecule has 0 aromatic heterocycles. The Morgan fingerprint density at radius 2 is 1.52 bits per heavy atom. The maximum Gasteiger partial charge on any atom is 0.258 e. The Bertz CT molecular complexity index is 902. The molecule has 150 valence electrons. The molecule has 29 heavy (non-hydrogen) atoms. The lowest BCUT2D eigenvalue weighted by molar-refractivity contribution is -0.140. The maximum atomic E-state index is 13.3. The average Bonchev–Trinajstić information content (AvgIpc) is 2.72. The van der Waals surface area contributed by atoms with Crippen molar-refractivity contribution in [1.29, 1.82) is 0 Å². The van der Waals surface area contributed by atoms with Crippen LogP contribution in [0.5, 0.6) is 0 Å². The molecule has 0 heterocycles. The van der Waals surface area contributed by atoms with E-state index in [4.69, 9.17) is 0 Å². The van der Waals surface area contributed by atoms with Crippen LogP contribution in [0.2, 0.25) is 0 Å². The van der Waals surface area contributed by atoms with E-state index in [9.17, 15) is 9.59 Å². The van der Waals surface area contributed by atoms with E-state index in [1.54, 1.807) is 18.0 Å². The molecule has 2 amide bonds. The third kappa shape index (κ3) is 3.35. The van der Waals surface area contributed by atoms with E-state index >= 15 is 0 Å². The van der Waals surface area contributed by atoms with Gasteiger partial charge in [0, 0.05) is 24.0 Å². The molecule has 4 aliphatic rings. The number of hydrogen-bond acceptors (Lipinski definition) is 2. The smallest absolute Gasteiger partial charge is 0.258 e. The summed E-state index contributed by atoms with van der Waals surface area (Å²) in [7, 11) is 1.78. The summed E-state index contributed by atoms with van der Waals surface area (Å²) in [4.78, 5) is 27.9. The molecule has 4 saturated carbocycles. The van der Waals surface area contributed by atoms with Crippen LogP contribution in [0.1, 0.15) is 48.9 Å². The fraction of sp³-hybridized carbons (Fsp3) is 0.440. The Labute approximate surface area is 172 Å². The number of hydrogen-bond donors (Lipinski definition) is 1. The van der Waals surface area contributed by atoms with E-state index < -0.39 is 0 Å². The summed E-state index contributed by atoms with van der Waals surface area (Å²) in [5.74, 6) is 2.29. The lowest BCUT2D eigenvalue weighted by atomic mass is 9.49. The highest BCUT2D eigenvalue weighted by molar-refractivity contribution is 6.06. The molecular weight excluding hydrogens is 360 g/mol. The lowest BCUT2D eigenvalue weighted by Gasteiger charge is -2.55. The van der Waals surface area contributed by atoms with Crippen LogP contribution in [0.4, 0.5) is 11.4 Å². The zero-order valence-electron chi connectivity index (χ0n) is 16.9. The van der Waals surface area contributed by atoms with Gasteiger partial charge < -0.3 is 10.2 Å². The summed E-state index contributed by atoms with van der Waals surface area (Å²) in [6.45, 7) is 0. The zero-order chi connectivity index (χ0) is 20.0. The number of para-hydroxylation sites is 1. The molecule has 4 heteroatoms. The fourth-order valence-electron chi connectivity index (χ4n) is 6.34. The van der Waals surface area contributed by atoms with Gasteiger partial charge in [0.15, 0.2) is 0 Å². The molecule has 2 aromatic rings. The molecule has 0 saturated heterocycles. The van der Waals surface area contributed by atoms with Crippen molar-refractivity contribution in [3.8, 4) is 0 Å². The van der Waals surface area contributed by atoms with Crippen LogP contribution < -0.4 is 10.2 Å². The Balaban J connectivity index is 1.33. The second-order valence-electron chi connectivity index (χ2n) is 9.43. The van der Waals surface area contributed by atoms with Crippen molar-refractivity contribution < 1.29 is 9.59 Å². The zero-order valence-corrected chi connectivity index (χ0v) is 16.9.